The number of carbonyl (C=O) groups excluding carboxylic acids is 1. The number of nitro benzene ring substituents is 1. The summed E-state index contributed by atoms with van der Waals surface area (Å²) < 4.78 is 0. The molecule has 1 rings (SSSR count). The molecule has 0 heterocycles. The van der Waals surface area contributed by atoms with E-state index in [4.69, 9.17) is 5.11 Å². The molecule has 0 aliphatic carbocycles. The van der Waals surface area contributed by atoms with Gasteiger partial charge in [0, 0.05) is 24.8 Å². The summed E-state index contributed by atoms with van der Waals surface area (Å²) in [5, 5.41) is 22.2. The van der Waals surface area contributed by atoms with Crippen LogP contribution in [0.1, 0.15) is 18.9 Å². The Morgan fingerprint density at radius 1 is 1.58 bits per heavy atom. The predicted molar refractivity (Wildman–Crippen MR) is 71.4 cm³/mol. The van der Waals surface area contributed by atoms with E-state index >= 15 is 0 Å². The fourth-order valence-electron chi connectivity index (χ4n) is 1.38. The van der Waals surface area contributed by atoms with E-state index in [1.165, 1.54) is 24.3 Å². The number of benzene rings is 1. The second kappa shape index (κ2) is 7.27. The van der Waals surface area contributed by atoms with E-state index in [9.17, 15) is 14.9 Å². The number of hydrogen-bond acceptors (Lipinski definition) is 4. The van der Waals surface area contributed by atoms with Crippen molar-refractivity contribution < 1.29 is 14.8 Å². The van der Waals surface area contributed by atoms with Gasteiger partial charge in [0.2, 0.25) is 5.91 Å². The van der Waals surface area contributed by atoms with Crippen molar-refractivity contribution in [3.8, 4) is 0 Å². The van der Waals surface area contributed by atoms with Crippen LogP contribution in [0.4, 0.5) is 5.69 Å². The maximum Gasteiger partial charge on any atom is 0.270 e. The van der Waals surface area contributed by atoms with Gasteiger partial charge in [-0.15, -0.1) is 0 Å². The molecule has 0 fully saturated rings. The zero-order valence-electron chi connectivity index (χ0n) is 10.6. The minimum Gasteiger partial charge on any atom is -0.393 e. The second-order valence-electron chi connectivity index (χ2n) is 4.11. The van der Waals surface area contributed by atoms with Crippen LogP contribution in [-0.4, -0.2) is 28.6 Å². The maximum absolute atomic E-state index is 11.4. The van der Waals surface area contributed by atoms with Gasteiger partial charge in [0.25, 0.3) is 5.69 Å². The monoisotopic (exact) mass is 264 g/mol. The summed E-state index contributed by atoms with van der Waals surface area (Å²) in [6, 6.07) is 6.01. The van der Waals surface area contributed by atoms with Crippen LogP contribution in [0.2, 0.25) is 0 Å². The van der Waals surface area contributed by atoms with Crippen LogP contribution in [0.3, 0.4) is 0 Å². The summed E-state index contributed by atoms with van der Waals surface area (Å²) in [4.78, 5) is 21.5. The number of nitrogens with zero attached hydrogens (tertiary/aromatic N) is 1. The number of carbonyl (C=O) groups is 1. The van der Waals surface area contributed by atoms with Gasteiger partial charge in [0.05, 0.1) is 11.0 Å². The third kappa shape index (κ3) is 5.78. The van der Waals surface area contributed by atoms with Crippen molar-refractivity contribution in [2.24, 2.45) is 0 Å². The van der Waals surface area contributed by atoms with Gasteiger partial charge < -0.3 is 10.4 Å². The summed E-state index contributed by atoms with van der Waals surface area (Å²) in [6.45, 7) is 2.03. The summed E-state index contributed by atoms with van der Waals surface area (Å²) in [5.41, 5.74) is 0.566. The van der Waals surface area contributed by atoms with Crippen molar-refractivity contribution >= 4 is 17.7 Å². The number of aliphatic hydroxyl groups excluding tert-OH is 1. The number of nitrogens with one attached hydrogen (secondary N) is 1. The van der Waals surface area contributed by atoms with Crippen molar-refractivity contribution in [3.63, 3.8) is 0 Å². The molecule has 1 aromatic rings. The van der Waals surface area contributed by atoms with E-state index in [1.807, 2.05) is 0 Å². The number of amides is 1. The molecule has 6 nitrogen and oxygen atoms in total. The smallest absolute Gasteiger partial charge is 0.270 e. The van der Waals surface area contributed by atoms with Gasteiger partial charge in [-0.25, -0.2) is 0 Å². The third-order valence-corrected chi connectivity index (χ3v) is 2.37. The zero-order chi connectivity index (χ0) is 14.3. The molecular formula is C13H16N2O4. The first-order chi connectivity index (χ1) is 8.99. The summed E-state index contributed by atoms with van der Waals surface area (Å²) >= 11 is 0. The number of non-ortho nitro benzene ring substituents is 1. The van der Waals surface area contributed by atoms with Gasteiger partial charge in [-0.1, -0.05) is 12.1 Å². The fourth-order valence-corrected chi connectivity index (χ4v) is 1.38. The Balaban J connectivity index is 2.54. The highest BCUT2D eigenvalue weighted by Crippen LogP contribution is 2.13. The highest BCUT2D eigenvalue weighted by atomic mass is 16.6. The molecule has 0 radical (unpaired) electrons. The molecule has 1 amide bonds. The van der Waals surface area contributed by atoms with Gasteiger partial charge in [-0.2, -0.15) is 0 Å². The Kier molecular flexibility index (Phi) is 5.69. The molecule has 1 atom stereocenters. The average Bonchev–Trinajstić information content (AvgIpc) is 2.36. The Morgan fingerprint density at radius 2 is 2.32 bits per heavy atom. The molecule has 0 aromatic heterocycles. The van der Waals surface area contributed by atoms with E-state index in [2.05, 4.69) is 5.32 Å². The van der Waals surface area contributed by atoms with E-state index in [-0.39, 0.29) is 11.6 Å². The van der Waals surface area contributed by atoms with E-state index in [0.29, 0.717) is 18.5 Å². The maximum atomic E-state index is 11.4. The van der Waals surface area contributed by atoms with E-state index in [1.54, 1.807) is 19.1 Å². The lowest BCUT2D eigenvalue weighted by atomic mass is 10.2. The molecule has 0 aliphatic rings. The van der Waals surface area contributed by atoms with Crippen molar-refractivity contribution in [2.45, 2.75) is 19.4 Å². The molecule has 102 valence electrons. The van der Waals surface area contributed by atoms with Crippen LogP contribution < -0.4 is 5.32 Å². The van der Waals surface area contributed by atoms with Crippen LogP contribution >= 0.6 is 0 Å². The Hall–Kier alpha value is -2.21. The fraction of sp³-hybridized carbons (Fsp3) is 0.308. The standard InChI is InChI=1S/C13H16N2O4/c1-10(16)7-8-14-13(17)6-5-11-3-2-4-12(9-11)15(18)19/h2-6,9-10,16H,7-8H2,1H3,(H,14,17). The lowest BCUT2D eigenvalue weighted by Gasteiger charge is -2.03. The van der Waals surface area contributed by atoms with Crippen molar-refractivity contribution in [2.75, 3.05) is 6.54 Å². The SMILES string of the molecule is CC(O)CCNC(=O)C=Cc1cccc([N+](=O)[O-])c1. The minimum atomic E-state index is -0.486. The van der Waals surface area contributed by atoms with Gasteiger partial charge in [0.15, 0.2) is 0 Å². The molecule has 19 heavy (non-hydrogen) atoms. The molecule has 1 aromatic carbocycles. The van der Waals surface area contributed by atoms with Gasteiger partial charge >= 0.3 is 0 Å². The largest absolute Gasteiger partial charge is 0.393 e. The molecule has 0 aliphatic heterocycles. The molecule has 0 spiro atoms. The highest BCUT2D eigenvalue weighted by Gasteiger charge is 2.04. The average molecular weight is 264 g/mol. The highest BCUT2D eigenvalue weighted by molar-refractivity contribution is 5.91. The molecule has 0 bridgehead atoms. The molecule has 0 saturated heterocycles. The Morgan fingerprint density at radius 3 is 2.95 bits per heavy atom. The van der Waals surface area contributed by atoms with Crippen molar-refractivity contribution in [1.82, 2.24) is 5.32 Å². The first-order valence-corrected chi connectivity index (χ1v) is 5.87. The number of aliphatic hydroxyl groups is 1. The lowest BCUT2D eigenvalue weighted by Crippen LogP contribution is -2.24. The molecule has 0 saturated carbocycles. The Bertz CT molecular complexity index is 483. The Labute approximate surface area is 110 Å². The van der Waals surface area contributed by atoms with Gasteiger partial charge in [-0.3, -0.25) is 14.9 Å². The molecule has 2 N–H and O–H groups in total. The van der Waals surface area contributed by atoms with Gasteiger partial charge in [-0.05, 0) is 25.0 Å². The summed E-state index contributed by atoms with van der Waals surface area (Å²) in [7, 11) is 0. The van der Waals surface area contributed by atoms with Crippen LogP contribution in [0.5, 0.6) is 0 Å². The van der Waals surface area contributed by atoms with Crippen LogP contribution in [0, 0.1) is 10.1 Å². The topological polar surface area (TPSA) is 92.5 Å². The number of rotatable bonds is 6. The van der Waals surface area contributed by atoms with E-state index < -0.39 is 11.0 Å². The van der Waals surface area contributed by atoms with Crippen LogP contribution in [-0.2, 0) is 4.79 Å². The minimum absolute atomic E-state index is 0.0170. The lowest BCUT2D eigenvalue weighted by molar-refractivity contribution is -0.384. The van der Waals surface area contributed by atoms with Gasteiger partial charge in [0.1, 0.15) is 0 Å². The van der Waals surface area contributed by atoms with Crippen molar-refractivity contribution in [3.05, 3.63) is 46.0 Å². The second-order valence-corrected chi connectivity index (χ2v) is 4.11. The third-order valence-electron chi connectivity index (χ3n) is 2.37. The number of nitro groups is 1. The van der Waals surface area contributed by atoms with Crippen LogP contribution in [0.25, 0.3) is 6.08 Å². The number of hydrogen-bond donors (Lipinski definition) is 2. The first-order valence-electron chi connectivity index (χ1n) is 5.87. The van der Waals surface area contributed by atoms with Crippen LogP contribution in [0.15, 0.2) is 30.3 Å². The zero-order valence-corrected chi connectivity index (χ0v) is 10.6. The first kappa shape index (κ1) is 14.8. The predicted octanol–water partition coefficient (Wildman–Crippen LogP) is 1.50. The van der Waals surface area contributed by atoms with Crippen molar-refractivity contribution in [1.29, 1.82) is 0 Å². The molecular weight excluding hydrogens is 248 g/mol. The molecule has 1 unspecified atom stereocenters. The molecule has 6 heteroatoms. The normalized spacial score (nSPS) is 12.3. The van der Waals surface area contributed by atoms with E-state index in [0.717, 1.165) is 0 Å². The quantitative estimate of drug-likeness (QED) is 0.462. The summed E-state index contributed by atoms with van der Waals surface area (Å²) in [6.07, 6.45) is 2.84. The summed E-state index contributed by atoms with van der Waals surface area (Å²) in [5.74, 6) is -0.299.